The second-order valence-corrected chi connectivity index (χ2v) is 8.58. The summed E-state index contributed by atoms with van der Waals surface area (Å²) in [5, 5.41) is 0.903. The molecule has 0 fully saturated rings. The van der Waals surface area contributed by atoms with Gasteiger partial charge < -0.3 is 9.47 Å². The first-order chi connectivity index (χ1) is 17.1. The van der Waals surface area contributed by atoms with Gasteiger partial charge in [0.05, 0.1) is 28.2 Å². The zero-order valence-electron chi connectivity index (χ0n) is 18.9. The molecule has 0 bridgehead atoms. The molecule has 0 amide bonds. The Morgan fingerprint density at radius 2 is 1.71 bits per heavy atom. The number of rotatable bonds is 7. The Balaban J connectivity index is 1.56. The Morgan fingerprint density at radius 3 is 2.51 bits per heavy atom. The first-order valence-electron chi connectivity index (χ1n) is 10.9. The van der Waals surface area contributed by atoms with E-state index in [1.54, 1.807) is 19.4 Å². The third kappa shape index (κ3) is 4.87. The summed E-state index contributed by atoms with van der Waals surface area (Å²) in [7, 11) is 1.63. The number of aromatic nitrogens is 3. The van der Waals surface area contributed by atoms with Crippen molar-refractivity contribution in [2.45, 2.75) is 6.61 Å². The van der Waals surface area contributed by atoms with Gasteiger partial charge in [-0.1, -0.05) is 77.8 Å². The number of halogens is 2. The number of para-hydroxylation sites is 3. The molecule has 5 rings (SSSR count). The molecule has 0 atom stereocenters. The largest absolute Gasteiger partial charge is 0.493 e. The molecule has 0 N–H and O–H groups in total. The first kappa shape index (κ1) is 23.0. The van der Waals surface area contributed by atoms with Crippen LogP contribution in [0.5, 0.6) is 11.5 Å². The van der Waals surface area contributed by atoms with Gasteiger partial charge in [0, 0.05) is 11.8 Å². The Labute approximate surface area is 213 Å². The Bertz CT molecular complexity index is 1510. The van der Waals surface area contributed by atoms with Crippen LogP contribution in [0.4, 0.5) is 0 Å². The fourth-order valence-electron chi connectivity index (χ4n) is 3.82. The summed E-state index contributed by atoms with van der Waals surface area (Å²) in [5.74, 6) is 2.52. The summed E-state index contributed by atoms with van der Waals surface area (Å²) in [6, 6.07) is 25.3. The lowest BCUT2D eigenvalue weighted by Gasteiger charge is -2.13. The second kappa shape index (κ2) is 10.2. The SMILES string of the molecule is COc1cccc(C=Cc2nc3ccccc3n2-c2ncc(Cl)cc2Cl)c1OCc1ccccc1. The highest BCUT2D eigenvalue weighted by Gasteiger charge is 2.15. The van der Waals surface area contributed by atoms with E-state index in [-0.39, 0.29) is 0 Å². The average molecular weight is 502 g/mol. The molecule has 5 aromatic rings. The standard InChI is InChI=1S/C28H21Cl2N3O2/c1-34-25-13-7-10-20(27(25)35-18-19-8-3-2-4-9-19)14-15-26-32-23-11-5-6-12-24(23)33(26)28-22(30)16-21(29)17-31-28/h2-17H,18H2,1H3. The number of ether oxygens (including phenoxy) is 2. The molecule has 0 saturated heterocycles. The predicted molar refractivity (Wildman–Crippen MR) is 142 cm³/mol. The molecule has 3 aromatic carbocycles. The second-order valence-electron chi connectivity index (χ2n) is 7.74. The lowest BCUT2D eigenvalue weighted by Crippen LogP contribution is -2.01. The van der Waals surface area contributed by atoms with Gasteiger partial charge in [0.25, 0.3) is 0 Å². The number of pyridine rings is 1. The van der Waals surface area contributed by atoms with E-state index in [1.807, 2.05) is 89.5 Å². The van der Waals surface area contributed by atoms with Gasteiger partial charge in [-0.3, -0.25) is 4.57 Å². The monoisotopic (exact) mass is 501 g/mol. The van der Waals surface area contributed by atoms with Crippen LogP contribution in [0.15, 0.2) is 85.1 Å². The summed E-state index contributed by atoms with van der Waals surface area (Å²) in [5.41, 5.74) is 3.63. The normalized spacial score (nSPS) is 11.3. The van der Waals surface area contributed by atoms with Crippen molar-refractivity contribution in [1.82, 2.24) is 14.5 Å². The van der Waals surface area contributed by atoms with Crippen LogP contribution in [0.2, 0.25) is 10.0 Å². The molecular weight excluding hydrogens is 481 g/mol. The van der Waals surface area contributed by atoms with Crippen molar-refractivity contribution in [3.8, 4) is 17.3 Å². The van der Waals surface area contributed by atoms with Crippen molar-refractivity contribution in [2.75, 3.05) is 7.11 Å². The van der Waals surface area contributed by atoms with Crippen molar-refractivity contribution in [2.24, 2.45) is 0 Å². The van der Waals surface area contributed by atoms with Gasteiger partial charge in [-0.25, -0.2) is 9.97 Å². The summed E-state index contributed by atoms with van der Waals surface area (Å²) in [4.78, 5) is 9.28. The van der Waals surface area contributed by atoms with Crippen LogP contribution >= 0.6 is 23.2 Å². The molecule has 0 aliphatic heterocycles. The minimum atomic E-state index is 0.421. The molecule has 0 saturated carbocycles. The quantitative estimate of drug-likeness (QED) is 0.232. The van der Waals surface area contributed by atoms with Gasteiger partial charge in [-0.2, -0.15) is 0 Å². The van der Waals surface area contributed by atoms with E-state index in [0.29, 0.717) is 39.8 Å². The zero-order chi connectivity index (χ0) is 24.2. The smallest absolute Gasteiger partial charge is 0.168 e. The summed E-state index contributed by atoms with van der Waals surface area (Å²) in [6.45, 7) is 0.421. The van der Waals surface area contributed by atoms with Crippen LogP contribution in [-0.4, -0.2) is 21.6 Å². The van der Waals surface area contributed by atoms with Crippen LogP contribution in [0.3, 0.4) is 0 Å². The van der Waals surface area contributed by atoms with Crippen LogP contribution in [0.25, 0.3) is 29.0 Å². The summed E-state index contributed by atoms with van der Waals surface area (Å²) >= 11 is 12.6. The number of benzene rings is 3. The van der Waals surface area contributed by atoms with Crippen molar-refractivity contribution in [1.29, 1.82) is 0 Å². The van der Waals surface area contributed by atoms with Crippen molar-refractivity contribution in [3.63, 3.8) is 0 Å². The summed E-state index contributed by atoms with van der Waals surface area (Å²) in [6.07, 6.45) is 5.43. The first-order valence-corrected chi connectivity index (χ1v) is 11.7. The molecule has 174 valence electrons. The van der Waals surface area contributed by atoms with E-state index < -0.39 is 0 Å². The van der Waals surface area contributed by atoms with E-state index in [1.165, 1.54) is 0 Å². The fourth-order valence-corrected chi connectivity index (χ4v) is 4.29. The Morgan fingerprint density at radius 1 is 0.914 bits per heavy atom. The van der Waals surface area contributed by atoms with Crippen molar-refractivity contribution in [3.05, 3.63) is 112 Å². The van der Waals surface area contributed by atoms with Crippen molar-refractivity contribution < 1.29 is 9.47 Å². The van der Waals surface area contributed by atoms with Gasteiger partial charge in [0.1, 0.15) is 12.4 Å². The molecule has 2 aromatic heterocycles. The average Bonchev–Trinajstić information content (AvgIpc) is 3.25. The molecule has 7 heteroatoms. The van der Waals surface area contributed by atoms with E-state index in [0.717, 1.165) is 22.2 Å². The number of hydrogen-bond donors (Lipinski definition) is 0. The molecule has 0 aliphatic carbocycles. The maximum atomic E-state index is 6.52. The third-order valence-electron chi connectivity index (χ3n) is 5.45. The highest BCUT2D eigenvalue weighted by Crippen LogP contribution is 2.34. The van der Waals surface area contributed by atoms with Crippen LogP contribution in [-0.2, 0) is 6.61 Å². The van der Waals surface area contributed by atoms with E-state index in [2.05, 4.69) is 4.98 Å². The highest BCUT2D eigenvalue weighted by atomic mass is 35.5. The molecule has 5 nitrogen and oxygen atoms in total. The van der Waals surface area contributed by atoms with Crippen LogP contribution in [0.1, 0.15) is 17.0 Å². The van der Waals surface area contributed by atoms with E-state index in [4.69, 9.17) is 37.7 Å². The maximum absolute atomic E-state index is 6.52. The Hall–Kier alpha value is -3.80. The number of hydrogen-bond acceptors (Lipinski definition) is 4. The van der Waals surface area contributed by atoms with Gasteiger partial charge >= 0.3 is 0 Å². The topological polar surface area (TPSA) is 49.2 Å². The molecule has 2 heterocycles. The summed E-state index contributed by atoms with van der Waals surface area (Å²) < 4.78 is 13.7. The van der Waals surface area contributed by atoms with Crippen LogP contribution in [0, 0.1) is 0 Å². The zero-order valence-corrected chi connectivity index (χ0v) is 20.4. The van der Waals surface area contributed by atoms with Gasteiger partial charge in [-0.05, 0) is 42.0 Å². The van der Waals surface area contributed by atoms with Gasteiger partial charge in [0.2, 0.25) is 0 Å². The number of fused-ring (bicyclic) bond motifs is 1. The van der Waals surface area contributed by atoms with Gasteiger partial charge in [-0.15, -0.1) is 0 Å². The minimum Gasteiger partial charge on any atom is -0.493 e. The van der Waals surface area contributed by atoms with Crippen molar-refractivity contribution >= 4 is 46.4 Å². The molecule has 0 radical (unpaired) electrons. The Kier molecular flexibility index (Phi) is 6.70. The number of imidazole rings is 1. The maximum Gasteiger partial charge on any atom is 0.168 e. The predicted octanol–water partition coefficient (Wildman–Crippen LogP) is 7.49. The van der Waals surface area contributed by atoms with Gasteiger partial charge in [0.15, 0.2) is 17.3 Å². The molecular formula is C28H21Cl2N3O2. The van der Waals surface area contributed by atoms with Crippen LogP contribution < -0.4 is 9.47 Å². The molecule has 0 unspecified atom stereocenters. The third-order valence-corrected chi connectivity index (χ3v) is 5.94. The molecule has 0 aliphatic rings. The molecule has 35 heavy (non-hydrogen) atoms. The van der Waals surface area contributed by atoms with E-state index in [9.17, 15) is 0 Å². The molecule has 0 spiro atoms. The number of nitrogens with zero attached hydrogens (tertiary/aromatic N) is 3. The number of methoxy groups -OCH3 is 1. The van der Waals surface area contributed by atoms with E-state index >= 15 is 0 Å². The fraction of sp³-hybridized carbons (Fsp3) is 0.0714. The lowest BCUT2D eigenvalue weighted by molar-refractivity contribution is 0.284. The highest BCUT2D eigenvalue weighted by molar-refractivity contribution is 6.35. The lowest BCUT2D eigenvalue weighted by atomic mass is 10.1. The minimum absolute atomic E-state index is 0.421.